The topological polar surface area (TPSA) is 20.3 Å². The van der Waals surface area contributed by atoms with Crippen LogP contribution in [0.1, 0.15) is 17.5 Å². The second kappa shape index (κ2) is 4.96. The quantitative estimate of drug-likeness (QED) is 0.820. The third-order valence-electron chi connectivity index (χ3n) is 3.18. The van der Waals surface area contributed by atoms with Gasteiger partial charge >= 0.3 is 0 Å². The normalized spacial score (nSPS) is 18.1. The van der Waals surface area contributed by atoms with Gasteiger partial charge in [-0.3, -0.25) is 4.79 Å². The number of halogens is 3. The van der Waals surface area contributed by atoms with Gasteiger partial charge in [-0.15, -0.1) is 0 Å². The number of rotatable bonds is 2. The average Bonchev–Trinajstić information content (AvgIpc) is 2.64. The van der Waals surface area contributed by atoms with Crippen LogP contribution in [0.5, 0.6) is 0 Å². The van der Waals surface area contributed by atoms with Gasteiger partial charge in [0.15, 0.2) is 0 Å². The van der Waals surface area contributed by atoms with Crippen LogP contribution in [0, 0.1) is 6.92 Å². The molecule has 2 nitrogen and oxygen atoms in total. The Morgan fingerprint density at radius 3 is 2.83 bits per heavy atom. The van der Waals surface area contributed by atoms with Crippen LogP contribution in [0.25, 0.3) is 0 Å². The van der Waals surface area contributed by atoms with Crippen LogP contribution in [0.2, 0.25) is 0 Å². The van der Waals surface area contributed by atoms with Crippen molar-refractivity contribution in [3.05, 3.63) is 33.8 Å². The van der Waals surface area contributed by atoms with Crippen molar-refractivity contribution in [1.29, 1.82) is 0 Å². The van der Waals surface area contributed by atoms with Crippen molar-refractivity contribution in [1.82, 2.24) is 4.90 Å². The summed E-state index contributed by atoms with van der Waals surface area (Å²) in [5.41, 5.74) is 1.88. The molecule has 1 aromatic rings. The SMILES string of the molecule is Cc1ccc(Br)cc1CC(=O)N1CCC(F)(F)C1. The number of hydrogen-bond donors (Lipinski definition) is 0. The summed E-state index contributed by atoms with van der Waals surface area (Å²) >= 11 is 3.34. The molecule has 1 amide bonds. The van der Waals surface area contributed by atoms with Gasteiger partial charge in [0.2, 0.25) is 5.91 Å². The third-order valence-corrected chi connectivity index (χ3v) is 3.67. The van der Waals surface area contributed by atoms with E-state index in [0.717, 1.165) is 15.6 Å². The highest BCUT2D eigenvalue weighted by atomic mass is 79.9. The number of carbonyl (C=O) groups excluding carboxylic acids is 1. The number of amides is 1. The van der Waals surface area contributed by atoms with Crippen molar-refractivity contribution in [2.45, 2.75) is 25.7 Å². The Hall–Kier alpha value is -0.970. The van der Waals surface area contributed by atoms with E-state index >= 15 is 0 Å². The highest BCUT2D eigenvalue weighted by Crippen LogP contribution is 2.27. The summed E-state index contributed by atoms with van der Waals surface area (Å²) in [6, 6.07) is 5.67. The number of nitrogens with zero attached hydrogens (tertiary/aromatic N) is 1. The minimum absolute atomic E-state index is 0.152. The molecule has 98 valence electrons. The number of likely N-dealkylation sites (tertiary alicyclic amines) is 1. The summed E-state index contributed by atoms with van der Waals surface area (Å²) in [7, 11) is 0. The van der Waals surface area contributed by atoms with Crippen molar-refractivity contribution in [2.75, 3.05) is 13.1 Å². The zero-order valence-corrected chi connectivity index (χ0v) is 11.6. The first-order chi connectivity index (χ1) is 8.37. The zero-order valence-electron chi connectivity index (χ0n) is 10.0. The minimum Gasteiger partial charge on any atom is -0.336 e. The van der Waals surface area contributed by atoms with E-state index < -0.39 is 12.5 Å². The zero-order chi connectivity index (χ0) is 13.3. The molecule has 1 fully saturated rings. The second-order valence-electron chi connectivity index (χ2n) is 4.67. The maximum Gasteiger partial charge on any atom is 0.267 e. The number of aryl methyl sites for hydroxylation is 1. The van der Waals surface area contributed by atoms with Crippen molar-refractivity contribution in [3.8, 4) is 0 Å². The molecule has 1 heterocycles. The lowest BCUT2D eigenvalue weighted by Crippen LogP contribution is -2.32. The molecule has 0 aliphatic carbocycles. The molecule has 0 saturated carbocycles. The van der Waals surface area contributed by atoms with E-state index in [2.05, 4.69) is 15.9 Å². The molecule has 1 aliphatic rings. The predicted octanol–water partition coefficient (Wildman–Crippen LogP) is 3.17. The maximum atomic E-state index is 13.0. The average molecular weight is 318 g/mol. The first-order valence-corrected chi connectivity index (χ1v) is 6.57. The van der Waals surface area contributed by atoms with Gasteiger partial charge in [-0.05, 0) is 30.2 Å². The van der Waals surface area contributed by atoms with Gasteiger partial charge in [0.1, 0.15) is 0 Å². The van der Waals surface area contributed by atoms with Gasteiger partial charge in [-0.2, -0.15) is 0 Å². The molecular formula is C13H14BrF2NO. The van der Waals surface area contributed by atoms with Crippen LogP contribution >= 0.6 is 15.9 Å². The summed E-state index contributed by atoms with van der Waals surface area (Å²) in [5.74, 6) is -2.95. The molecule has 0 radical (unpaired) electrons. The Labute approximate surface area is 113 Å². The number of hydrogen-bond acceptors (Lipinski definition) is 1. The van der Waals surface area contributed by atoms with E-state index in [9.17, 15) is 13.6 Å². The fourth-order valence-electron chi connectivity index (χ4n) is 2.05. The first-order valence-electron chi connectivity index (χ1n) is 5.78. The van der Waals surface area contributed by atoms with E-state index in [0.29, 0.717) is 0 Å². The predicted molar refractivity (Wildman–Crippen MR) is 68.7 cm³/mol. The molecule has 1 saturated heterocycles. The molecule has 0 unspecified atom stereocenters. The molecule has 0 aromatic heterocycles. The van der Waals surface area contributed by atoms with Gasteiger partial charge in [-0.25, -0.2) is 8.78 Å². The van der Waals surface area contributed by atoms with Gasteiger partial charge in [0.25, 0.3) is 5.92 Å². The summed E-state index contributed by atoms with van der Waals surface area (Å²) < 4.78 is 27.0. The van der Waals surface area contributed by atoms with E-state index in [1.54, 1.807) is 0 Å². The molecule has 1 aliphatic heterocycles. The molecule has 0 atom stereocenters. The second-order valence-corrected chi connectivity index (χ2v) is 5.58. The lowest BCUT2D eigenvalue weighted by molar-refractivity contribution is -0.130. The van der Waals surface area contributed by atoms with Crippen molar-refractivity contribution in [3.63, 3.8) is 0 Å². The maximum absolute atomic E-state index is 13.0. The number of benzene rings is 1. The van der Waals surface area contributed by atoms with Crippen LogP contribution in [-0.4, -0.2) is 29.8 Å². The smallest absolute Gasteiger partial charge is 0.267 e. The molecule has 18 heavy (non-hydrogen) atoms. The van der Waals surface area contributed by atoms with Crippen LogP contribution in [-0.2, 0) is 11.2 Å². The van der Waals surface area contributed by atoms with Crippen LogP contribution < -0.4 is 0 Å². The molecule has 0 spiro atoms. The van der Waals surface area contributed by atoms with Crippen LogP contribution in [0.3, 0.4) is 0 Å². The van der Waals surface area contributed by atoms with E-state index in [4.69, 9.17) is 0 Å². The Kier molecular flexibility index (Phi) is 3.71. The Morgan fingerprint density at radius 1 is 1.50 bits per heavy atom. The van der Waals surface area contributed by atoms with E-state index in [1.165, 1.54) is 4.90 Å². The number of alkyl halides is 2. The third kappa shape index (κ3) is 3.07. The van der Waals surface area contributed by atoms with Gasteiger partial charge in [-0.1, -0.05) is 22.0 Å². The summed E-state index contributed by atoms with van der Waals surface area (Å²) in [5, 5.41) is 0. The summed E-state index contributed by atoms with van der Waals surface area (Å²) in [6.45, 7) is 1.62. The minimum atomic E-state index is -2.72. The molecule has 5 heteroatoms. The first kappa shape index (κ1) is 13.5. The van der Waals surface area contributed by atoms with Gasteiger partial charge in [0, 0.05) is 17.4 Å². The Morgan fingerprint density at radius 2 is 2.22 bits per heavy atom. The van der Waals surface area contributed by atoms with Crippen LogP contribution in [0.4, 0.5) is 8.78 Å². The molecule has 1 aromatic carbocycles. The Bertz CT molecular complexity index is 476. The fourth-order valence-corrected chi connectivity index (χ4v) is 2.46. The molecule has 0 bridgehead atoms. The summed E-state index contributed by atoms with van der Waals surface area (Å²) in [6.07, 6.45) is -0.0441. The molecular weight excluding hydrogens is 304 g/mol. The highest BCUT2D eigenvalue weighted by molar-refractivity contribution is 9.10. The lowest BCUT2D eigenvalue weighted by Gasteiger charge is -2.16. The van der Waals surface area contributed by atoms with Gasteiger partial charge < -0.3 is 4.90 Å². The van der Waals surface area contributed by atoms with Crippen molar-refractivity contribution < 1.29 is 13.6 Å². The molecule has 0 N–H and O–H groups in total. The number of carbonyl (C=O) groups is 1. The lowest BCUT2D eigenvalue weighted by atomic mass is 10.1. The fraction of sp³-hybridized carbons (Fsp3) is 0.462. The monoisotopic (exact) mass is 317 g/mol. The Balaban J connectivity index is 2.06. The van der Waals surface area contributed by atoms with Gasteiger partial charge in [0.05, 0.1) is 13.0 Å². The van der Waals surface area contributed by atoms with E-state index in [1.807, 2.05) is 25.1 Å². The molecule has 2 rings (SSSR count). The largest absolute Gasteiger partial charge is 0.336 e. The van der Waals surface area contributed by atoms with Crippen molar-refractivity contribution in [2.24, 2.45) is 0 Å². The highest BCUT2D eigenvalue weighted by Gasteiger charge is 2.40. The standard InChI is InChI=1S/C13H14BrF2NO/c1-9-2-3-11(14)6-10(9)7-12(18)17-5-4-13(15,16)8-17/h2-3,6H,4-5,7-8H2,1H3. The van der Waals surface area contributed by atoms with E-state index in [-0.39, 0.29) is 25.3 Å². The van der Waals surface area contributed by atoms with Crippen molar-refractivity contribution >= 4 is 21.8 Å². The van der Waals surface area contributed by atoms with Crippen LogP contribution in [0.15, 0.2) is 22.7 Å². The summed E-state index contributed by atoms with van der Waals surface area (Å²) in [4.78, 5) is 13.2.